The number of fused-ring (bicyclic) bond motifs is 2. The molecule has 0 unspecified atom stereocenters. The highest BCUT2D eigenvalue weighted by Gasteiger charge is 2.20. The summed E-state index contributed by atoms with van der Waals surface area (Å²) in [5.41, 5.74) is 5.75. The third-order valence-corrected chi connectivity index (χ3v) is 4.38. The average Bonchev–Trinajstić information content (AvgIpc) is 2.89. The molecule has 0 bridgehead atoms. The highest BCUT2D eigenvalue weighted by molar-refractivity contribution is 6.01. The highest BCUT2D eigenvalue weighted by atomic mass is 16.1. The van der Waals surface area contributed by atoms with Crippen LogP contribution in [0.1, 0.15) is 18.1 Å². The van der Waals surface area contributed by atoms with E-state index in [1.54, 1.807) is 0 Å². The number of aryl methyl sites for hydroxylation is 3. The van der Waals surface area contributed by atoms with Gasteiger partial charge in [0.25, 0.3) is 0 Å². The largest absolute Gasteiger partial charge is 0.385 e. The second-order valence-corrected chi connectivity index (χ2v) is 5.78. The molecule has 1 aliphatic rings. The van der Waals surface area contributed by atoms with Crippen molar-refractivity contribution in [2.75, 3.05) is 11.9 Å². The van der Waals surface area contributed by atoms with Crippen LogP contribution in [0.4, 0.5) is 5.69 Å². The van der Waals surface area contributed by atoms with Gasteiger partial charge in [-0.15, -0.1) is 0 Å². The Hall–Kier alpha value is -2.29. The minimum absolute atomic E-state index is 0.152. The minimum Gasteiger partial charge on any atom is -0.385 e. The van der Waals surface area contributed by atoms with Crippen LogP contribution in [0.15, 0.2) is 35.1 Å². The van der Waals surface area contributed by atoms with E-state index in [9.17, 15) is 4.79 Å². The van der Waals surface area contributed by atoms with E-state index >= 15 is 0 Å². The molecule has 2 aromatic carbocycles. The molecule has 3 heteroatoms. The van der Waals surface area contributed by atoms with Gasteiger partial charge in [-0.25, -0.2) is 0 Å². The summed E-state index contributed by atoms with van der Waals surface area (Å²) >= 11 is 0. The zero-order valence-electron chi connectivity index (χ0n) is 12.4. The van der Waals surface area contributed by atoms with Gasteiger partial charge in [0.1, 0.15) is 0 Å². The van der Waals surface area contributed by atoms with Gasteiger partial charge >= 0.3 is 0 Å². The van der Waals surface area contributed by atoms with Crippen LogP contribution in [0, 0.1) is 6.92 Å². The number of benzene rings is 2. The zero-order valence-corrected chi connectivity index (χ0v) is 12.4. The Morgan fingerprint density at radius 2 is 2.14 bits per heavy atom. The monoisotopic (exact) mass is 278 g/mol. The number of hydrogen-bond donors (Lipinski definition) is 1. The van der Waals surface area contributed by atoms with E-state index in [2.05, 4.69) is 35.9 Å². The molecule has 0 saturated heterocycles. The minimum atomic E-state index is 0.152. The summed E-state index contributed by atoms with van der Waals surface area (Å²) in [7, 11) is 0. The number of anilines is 1. The molecule has 21 heavy (non-hydrogen) atoms. The van der Waals surface area contributed by atoms with Crippen LogP contribution in [-0.2, 0) is 13.0 Å². The van der Waals surface area contributed by atoms with Crippen molar-refractivity contribution in [2.24, 2.45) is 0 Å². The summed E-state index contributed by atoms with van der Waals surface area (Å²) in [6.07, 6.45) is 1.02. The molecule has 106 valence electrons. The van der Waals surface area contributed by atoms with Gasteiger partial charge in [0.2, 0.25) is 0 Å². The summed E-state index contributed by atoms with van der Waals surface area (Å²) in [6, 6.07) is 10.3. The molecular formula is C18H18N2O. The lowest BCUT2D eigenvalue weighted by atomic mass is 10.0. The molecule has 0 fully saturated rings. The fraction of sp³-hybridized carbons (Fsp3) is 0.278. The number of rotatable bonds is 2. The third-order valence-electron chi connectivity index (χ3n) is 4.38. The summed E-state index contributed by atoms with van der Waals surface area (Å²) in [5.74, 6) is 0. The van der Waals surface area contributed by atoms with Crippen LogP contribution in [-0.4, -0.2) is 11.1 Å². The number of aromatic nitrogens is 1. The molecule has 0 aliphatic carbocycles. The maximum atomic E-state index is 13.0. The van der Waals surface area contributed by atoms with Crippen LogP contribution in [0.3, 0.4) is 0 Å². The smallest absolute Gasteiger partial charge is 0.199 e. The first-order chi connectivity index (χ1) is 10.2. The van der Waals surface area contributed by atoms with Crippen LogP contribution in [0.5, 0.6) is 0 Å². The van der Waals surface area contributed by atoms with Gasteiger partial charge < -0.3 is 9.88 Å². The maximum Gasteiger partial charge on any atom is 0.199 e. The lowest BCUT2D eigenvalue weighted by Crippen LogP contribution is -2.12. The highest BCUT2D eigenvalue weighted by Crippen LogP contribution is 2.31. The predicted molar refractivity (Wildman–Crippen MR) is 88.3 cm³/mol. The molecule has 1 N–H and O–H groups in total. The Labute approximate surface area is 123 Å². The first kappa shape index (κ1) is 12.5. The Bertz CT molecular complexity index is 937. The fourth-order valence-electron chi connectivity index (χ4n) is 3.60. The van der Waals surface area contributed by atoms with Crippen molar-refractivity contribution >= 4 is 27.5 Å². The van der Waals surface area contributed by atoms with E-state index < -0.39 is 0 Å². The average molecular weight is 278 g/mol. The Balaban J connectivity index is 2.26. The van der Waals surface area contributed by atoms with Gasteiger partial charge in [-0.1, -0.05) is 12.1 Å². The molecule has 3 nitrogen and oxygen atoms in total. The topological polar surface area (TPSA) is 34.0 Å². The van der Waals surface area contributed by atoms with Crippen molar-refractivity contribution in [2.45, 2.75) is 26.8 Å². The van der Waals surface area contributed by atoms with E-state index in [0.29, 0.717) is 0 Å². The first-order valence-electron chi connectivity index (χ1n) is 7.53. The molecular weight excluding hydrogens is 260 g/mol. The quantitative estimate of drug-likeness (QED) is 0.728. The van der Waals surface area contributed by atoms with Crippen molar-refractivity contribution in [1.82, 2.24) is 4.57 Å². The molecule has 1 aliphatic heterocycles. The summed E-state index contributed by atoms with van der Waals surface area (Å²) in [5, 5.41) is 5.01. The fourth-order valence-corrected chi connectivity index (χ4v) is 3.60. The number of nitrogens with one attached hydrogen (secondary N) is 1. The maximum absolute atomic E-state index is 13.0. The first-order valence-corrected chi connectivity index (χ1v) is 7.53. The molecule has 2 heterocycles. The van der Waals surface area contributed by atoms with Crippen LogP contribution in [0.2, 0.25) is 0 Å². The third kappa shape index (κ3) is 1.63. The molecule has 0 saturated carbocycles. The van der Waals surface area contributed by atoms with Crippen LogP contribution >= 0.6 is 0 Å². The van der Waals surface area contributed by atoms with Gasteiger partial charge in [0, 0.05) is 24.2 Å². The van der Waals surface area contributed by atoms with E-state index in [1.807, 2.05) is 18.2 Å². The van der Waals surface area contributed by atoms with Gasteiger partial charge in [0.05, 0.1) is 16.4 Å². The van der Waals surface area contributed by atoms with E-state index in [0.717, 1.165) is 47.0 Å². The van der Waals surface area contributed by atoms with Crippen molar-refractivity contribution in [3.05, 3.63) is 51.7 Å². The van der Waals surface area contributed by atoms with Crippen molar-refractivity contribution in [3.8, 4) is 0 Å². The SMILES string of the molecule is CCNc1cccc2c1c(=O)c1cc(C)cc3c1n2CC3. The molecule has 3 aromatic rings. The van der Waals surface area contributed by atoms with Crippen LogP contribution < -0.4 is 10.7 Å². The summed E-state index contributed by atoms with van der Waals surface area (Å²) in [4.78, 5) is 13.0. The number of nitrogens with zero attached hydrogens (tertiary/aromatic N) is 1. The van der Waals surface area contributed by atoms with E-state index in [4.69, 9.17) is 0 Å². The Kier molecular flexibility index (Phi) is 2.58. The van der Waals surface area contributed by atoms with Gasteiger partial charge in [0.15, 0.2) is 5.43 Å². The van der Waals surface area contributed by atoms with Gasteiger partial charge in [-0.05, 0) is 49.6 Å². The van der Waals surface area contributed by atoms with Crippen molar-refractivity contribution < 1.29 is 0 Å². The summed E-state index contributed by atoms with van der Waals surface area (Å²) < 4.78 is 2.31. The molecule has 0 spiro atoms. The zero-order chi connectivity index (χ0) is 14.6. The second-order valence-electron chi connectivity index (χ2n) is 5.78. The molecule has 0 radical (unpaired) electrons. The standard InChI is InChI=1S/C18H18N2O/c1-3-19-14-5-4-6-15-16(14)18(21)13-10-11(2)9-12-7-8-20(15)17(12)13/h4-6,9-10,19H,3,7-8H2,1-2H3. The second kappa shape index (κ2) is 4.35. The van der Waals surface area contributed by atoms with Crippen LogP contribution in [0.25, 0.3) is 21.8 Å². The predicted octanol–water partition coefficient (Wildman–Crippen LogP) is 3.45. The lowest BCUT2D eigenvalue weighted by Gasteiger charge is -2.13. The van der Waals surface area contributed by atoms with Gasteiger partial charge in [-0.2, -0.15) is 0 Å². The normalized spacial score (nSPS) is 13.2. The molecule has 4 rings (SSSR count). The molecule has 0 amide bonds. The van der Waals surface area contributed by atoms with Crippen molar-refractivity contribution in [1.29, 1.82) is 0 Å². The lowest BCUT2D eigenvalue weighted by molar-refractivity contribution is 0.793. The number of hydrogen-bond acceptors (Lipinski definition) is 2. The van der Waals surface area contributed by atoms with E-state index in [1.165, 1.54) is 11.1 Å². The Morgan fingerprint density at radius 1 is 1.29 bits per heavy atom. The van der Waals surface area contributed by atoms with Gasteiger partial charge in [-0.3, -0.25) is 4.79 Å². The number of pyridine rings is 1. The van der Waals surface area contributed by atoms with Crippen molar-refractivity contribution in [3.63, 3.8) is 0 Å². The summed E-state index contributed by atoms with van der Waals surface area (Å²) in [6.45, 7) is 5.90. The van der Waals surface area contributed by atoms with E-state index in [-0.39, 0.29) is 5.43 Å². The molecule has 0 atom stereocenters. The Morgan fingerprint density at radius 3 is 2.95 bits per heavy atom. The molecule has 1 aromatic heterocycles.